The standard InChI is InChI=1S/C18H23BrFNO4/c1-18(2,3)25-17(23)21(10-6-5-7-16(22)24-4)12-13-11-14(20)8-9-15(13)19/h5,7-9,11H,6,10,12H2,1-4H3. The number of nitrogens with zero attached hydrogens (tertiary/aromatic N) is 1. The van der Waals surface area contributed by atoms with Crippen molar-refractivity contribution >= 4 is 28.0 Å². The van der Waals surface area contributed by atoms with Gasteiger partial charge in [0.05, 0.1) is 13.7 Å². The molecular weight excluding hydrogens is 393 g/mol. The van der Waals surface area contributed by atoms with Crippen molar-refractivity contribution in [1.82, 2.24) is 4.90 Å². The van der Waals surface area contributed by atoms with Gasteiger partial charge in [-0.25, -0.2) is 14.0 Å². The van der Waals surface area contributed by atoms with Gasteiger partial charge in [0.15, 0.2) is 0 Å². The lowest BCUT2D eigenvalue weighted by atomic mass is 10.2. The lowest BCUT2D eigenvalue weighted by Gasteiger charge is -2.27. The molecule has 25 heavy (non-hydrogen) atoms. The molecule has 1 aromatic rings. The topological polar surface area (TPSA) is 55.8 Å². The number of esters is 1. The summed E-state index contributed by atoms with van der Waals surface area (Å²) in [5, 5.41) is 0. The third-order valence-electron chi connectivity index (χ3n) is 3.04. The fourth-order valence-electron chi connectivity index (χ4n) is 1.91. The number of carbonyl (C=O) groups is 2. The Balaban J connectivity index is 2.86. The Morgan fingerprint density at radius 2 is 2.00 bits per heavy atom. The van der Waals surface area contributed by atoms with Crippen LogP contribution < -0.4 is 0 Å². The summed E-state index contributed by atoms with van der Waals surface area (Å²) in [6.07, 6.45) is 2.84. The van der Waals surface area contributed by atoms with Crippen molar-refractivity contribution in [3.8, 4) is 0 Å². The van der Waals surface area contributed by atoms with Gasteiger partial charge < -0.3 is 14.4 Å². The first-order chi connectivity index (χ1) is 11.6. The summed E-state index contributed by atoms with van der Waals surface area (Å²) in [6, 6.07) is 4.30. The monoisotopic (exact) mass is 415 g/mol. The molecular formula is C18H23BrFNO4. The van der Waals surface area contributed by atoms with E-state index in [1.54, 1.807) is 32.9 Å². The van der Waals surface area contributed by atoms with Gasteiger partial charge in [-0.1, -0.05) is 22.0 Å². The fourth-order valence-corrected chi connectivity index (χ4v) is 2.28. The summed E-state index contributed by atoms with van der Waals surface area (Å²) in [5.74, 6) is -0.843. The van der Waals surface area contributed by atoms with Gasteiger partial charge >= 0.3 is 12.1 Å². The van der Waals surface area contributed by atoms with E-state index in [4.69, 9.17) is 4.74 Å². The molecule has 0 aliphatic rings. The minimum absolute atomic E-state index is 0.180. The highest BCUT2D eigenvalue weighted by atomic mass is 79.9. The van der Waals surface area contributed by atoms with Crippen LogP contribution in [0.3, 0.4) is 0 Å². The van der Waals surface area contributed by atoms with Crippen LogP contribution in [0.5, 0.6) is 0 Å². The number of methoxy groups -OCH3 is 1. The third kappa shape index (κ3) is 8.16. The van der Waals surface area contributed by atoms with Crippen molar-refractivity contribution in [3.63, 3.8) is 0 Å². The Morgan fingerprint density at radius 1 is 1.32 bits per heavy atom. The van der Waals surface area contributed by atoms with Crippen LogP contribution in [0.2, 0.25) is 0 Å². The zero-order valence-electron chi connectivity index (χ0n) is 14.8. The average Bonchev–Trinajstić information content (AvgIpc) is 2.51. The van der Waals surface area contributed by atoms with Gasteiger partial charge in [0.1, 0.15) is 11.4 Å². The average molecular weight is 416 g/mol. The van der Waals surface area contributed by atoms with Crippen molar-refractivity contribution in [2.24, 2.45) is 0 Å². The highest BCUT2D eigenvalue weighted by molar-refractivity contribution is 9.10. The van der Waals surface area contributed by atoms with Crippen LogP contribution in [0.4, 0.5) is 9.18 Å². The molecule has 0 aromatic heterocycles. The molecule has 7 heteroatoms. The van der Waals surface area contributed by atoms with Gasteiger partial charge in [-0.2, -0.15) is 0 Å². The molecule has 1 rings (SSSR count). The first kappa shape index (κ1) is 21.2. The highest BCUT2D eigenvalue weighted by Crippen LogP contribution is 2.21. The van der Waals surface area contributed by atoms with Crippen LogP contribution in [0.1, 0.15) is 32.8 Å². The fraction of sp³-hybridized carbons (Fsp3) is 0.444. The molecule has 0 heterocycles. The van der Waals surface area contributed by atoms with Gasteiger partial charge in [-0.05, 0) is 51.0 Å². The van der Waals surface area contributed by atoms with E-state index in [9.17, 15) is 14.0 Å². The summed E-state index contributed by atoms with van der Waals surface area (Å²) in [6.45, 7) is 5.82. The molecule has 0 spiro atoms. The quantitative estimate of drug-likeness (QED) is 0.508. The Labute approximate surface area is 155 Å². The van der Waals surface area contributed by atoms with Crippen LogP contribution >= 0.6 is 15.9 Å². The van der Waals surface area contributed by atoms with E-state index in [2.05, 4.69) is 20.7 Å². The summed E-state index contributed by atoms with van der Waals surface area (Å²) in [7, 11) is 1.29. The predicted molar refractivity (Wildman–Crippen MR) is 96.5 cm³/mol. The number of ether oxygens (including phenoxy) is 2. The molecule has 1 amide bonds. The zero-order valence-corrected chi connectivity index (χ0v) is 16.4. The molecule has 0 unspecified atom stereocenters. The summed E-state index contributed by atoms with van der Waals surface area (Å²) >= 11 is 3.36. The Hall–Kier alpha value is -1.89. The predicted octanol–water partition coefficient (Wildman–Crippen LogP) is 4.44. The van der Waals surface area contributed by atoms with E-state index < -0.39 is 17.7 Å². The molecule has 0 N–H and O–H groups in total. The number of rotatable bonds is 6. The number of hydrogen-bond acceptors (Lipinski definition) is 4. The lowest BCUT2D eigenvalue weighted by molar-refractivity contribution is -0.134. The minimum Gasteiger partial charge on any atom is -0.466 e. The van der Waals surface area contributed by atoms with Gasteiger partial charge in [0.2, 0.25) is 0 Å². The largest absolute Gasteiger partial charge is 0.466 e. The Morgan fingerprint density at radius 3 is 2.60 bits per heavy atom. The second-order valence-corrected chi connectivity index (χ2v) is 7.21. The first-order valence-electron chi connectivity index (χ1n) is 7.78. The zero-order chi connectivity index (χ0) is 19.0. The maximum absolute atomic E-state index is 13.5. The maximum Gasteiger partial charge on any atom is 0.410 e. The van der Waals surface area contributed by atoms with E-state index in [1.807, 2.05) is 0 Å². The van der Waals surface area contributed by atoms with Crippen LogP contribution in [0.25, 0.3) is 0 Å². The summed E-state index contributed by atoms with van der Waals surface area (Å²) in [4.78, 5) is 25.0. The second-order valence-electron chi connectivity index (χ2n) is 6.35. The molecule has 0 aliphatic heterocycles. The Kier molecular flexibility index (Phi) is 8.09. The number of benzene rings is 1. The number of halogens is 2. The number of amides is 1. The molecule has 0 bridgehead atoms. The number of hydrogen-bond donors (Lipinski definition) is 0. The summed E-state index contributed by atoms with van der Waals surface area (Å²) in [5.41, 5.74) is -0.0149. The third-order valence-corrected chi connectivity index (χ3v) is 3.82. The number of carbonyl (C=O) groups excluding carboxylic acids is 2. The van der Waals surface area contributed by atoms with Crippen LogP contribution in [-0.2, 0) is 20.8 Å². The van der Waals surface area contributed by atoms with Gasteiger partial charge in [-0.3, -0.25) is 0 Å². The van der Waals surface area contributed by atoms with E-state index in [0.29, 0.717) is 23.0 Å². The van der Waals surface area contributed by atoms with Crippen molar-refractivity contribution in [2.75, 3.05) is 13.7 Å². The van der Waals surface area contributed by atoms with E-state index in [0.717, 1.165) is 0 Å². The second kappa shape index (κ2) is 9.56. The molecule has 0 atom stereocenters. The van der Waals surface area contributed by atoms with Gasteiger partial charge in [0.25, 0.3) is 0 Å². The highest BCUT2D eigenvalue weighted by Gasteiger charge is 2.22. The molecule has 138 valence electrons. The first-order valence-corrected chi connectivity index (χ1v) is 8.58. The van der Waals surface area contributed by atoms with E-state index in [1.165, 1.54) is 30.2 Å². The summed E-state index contributed by atoms with van der Waals surface area (Å²) < 4.78 is 24.1. The maximum atomic E-state index is 13.5. The normalized spacial score (nSPS) is 11.4. The van der Waals surface area contributed by atoms with Crippen LogP contribution in [0.15, 0.2) is 34.8 Å². The SMILES string of the molecule is COC(=O)C=CCCN(Cc1cc(F)ccc1Br)C(=O)OC(C)(C)C. The van der Waals surface area contributed by atoms with E-state index in [-0.39, 0.29) is 12.4 Å². The van der Waals surface area contributed by atoms with Gasteiger partial charge in [-0.15, -0.1) is 0 Å². The molecule has 1 aromatic carbocycles. The molecule has 0 fully saturated rings. The molecule has 5 nitrogen and oxygen atoms in total. The van der Waals surface area contributed by atoms with Crippen molar-refractivity contribution in [2.45, 2.75) is 39.3 Å². The van der Waals surface area contributed by atoms with E-state index >= 15 is 0 Å². The van der Waals surface area contributed by atoms with Crippen molar-refractivity contribution < 1.29 is 23.5 Å². The van der Waals surface area contributed by atoms with Crippen molar-refractivity contribution in [3.05, 3.63) is 46.2 Å². The Bertz CT molecular complexity index is 640. The molecule has 0 saturated heterocycles. The molecule has 0 aliphatic carbocycles. The lowest BCUT2D eigenvalue weighted by Crippen LogP contribution is -2.37. The molecule has 0 saturated carbocycles. The molecule has 0 radical (unpaired) electrons. The smallest absolute Gasteiger partial charge is 0.410 e. The van der Waals surface area contributed by atoms with Gasteiger partial charge in [0, 0.05) is 17.1 Å². The minimum atomic E-state index is -0.643. The van der Waals surface area contributed by atoms with Crippen molar-refractivity contribution in [1.29, 1.82) is 0 Å². The van der Waals surface area contributed by atoms with Crippen LogP contribution in [0, 0.1) is 5.82 Å². The van der Waals surface area contributed by atoms with Crippen LogP contribution in [-0.4, -0.2) is 36.2 Å².